The fourth-order valence-corrected chi connectivity index (χ4v) is 2.75. The minimum atomic E-state index is -3.22. The molecule has 0 unspecified atom stereocenters. The Morgan fingerprint density at radius 2 is 1.64 bits per heavy atom. The van der Waals surface area contributed by atoms with Crippen molar-refractivity contribution in [3.8, 4) is 0 Å². The van der Waals surface area contributed by atoms with Crippen molar-refractivity contribution in [2.75, 3.05) is 11.1 Å². The van der Waals surface area contributed by atoms with Crippen LogP contribution < -0.4 is 10.6 Å². The van der Waals surface area contributed by atoms with E-state index in [0.29, 0.717) is 12.2 Å². The molecular formula is C16H18N2O3S. The van der Waals surface area contributed by atoms with Crippen LogP contribution in [0.5, 0.6) is 0 Å². The van der Waals surface area contributed by atoms with Gasteiger partial charge in [0.2, 0.25) is 0 Å². The molecule has 0 saturated carbocycles. The third kappa shape index (κ3) is 4.33. The summed E-state index contributed by atoms with van der Waals surface area (Å²) in [7, 11) is -3.22. The molecule has 116 valence electrons. The van der Waals surface area contributed by atoms with Crippen LogP contribution in [-0.2, 0) is 16.4 Å². The SMILES string of the molecule is CCS(=O)(=O)c1ccc(NC(=O)NCc2ccccc2)cc1. The number of carbonyl (C=O) groups is 1. The first-order valence-corrected chi connectivity index (χ1v) is 8.58. The number of urea groups is 1. The van der Waals surface area contributed by atoms with Crippen molar-refractivity contribution in [3.05, 3.63) is 60.2 Å². The van der Waals surface area contributed by atoms with Crippen molar-refractivity contribution >= 4 is 21.6 Å². The number of hydrogen-bond donors (Lipinski definition) is 2. The monoisotopic (exact) mass is 318 g/mol. The van der Waals surface area contributed by atoms with Gasteiger partial charge >= 0.3 is 6.03 Å². The molecule has 0 aliphatic heterocycles. The zero-order valence-electron chi connectivity index (χ0n) is 12.2. The number of sulfone groups is 1. The molecular weight excluding hydrogens is 300 g/mol. The summed E-state index contributed by atoms with van der Waals surface area (Å²) in [6, 6.07) is 15.4. The van der Waals surface area contributed by atoms with Crippen molar-refractivity contribution in [3.63, 3.8) is 0 Å². The standard InChI is InChI=1S/C16H18N2O3S/c1-2-22(20,21)15-10-8-14(9-11-15)18-16(19)17-12-13-6-4-3-5-7-13/h3-11H,2,12H2,1H3,(H2,17,18,19). The van der Waals surface area contributed by atoms with Crippen LogP contribution in [-0.4, -0.2) is 20.2 Å². The van der Waals surface area contributed by atoms with Gasteiger partial charge in [-0.2, -0.15) is 0 Å². The van der Waals surface area contributed by atoms with E-state index in [9.17, 15) is 13.2 Å². The summed E-state index contributed by atoms with van der Waals surface area (Å²) in [5, 5.41) is 5.40. The second-order valence-electron chi connectivity index (χ2n) is 4.72. The van der Waals surface area contributed by atoms with Crippen LogP contribution in [0.3, 0.4) is 0 Å². The molecule has 0 aliphatic carbocycles. The summed E-state index contributed by atoms with van der Waals surface area (Å²) in [5.41, 5.74) is 1.54. The van der Waals surface area contributed by atoms with Gasteiger partial charge in [-0.1, -0.05) is 37.3 Å². The van der Waals surface area contributed by atoms with Crippen LogP contribution in [0.1, 0.15) is 12.5 Å². The maximum Gasteiger partial charge on any atom is 0.319 e. The van der Waals surface area contributed by atoms with E-state index in [1.165, 1.54) is 12.1 Å². The van der Waals surface area contributed by atoms with Gasteiger partial charge in [0.15, 0.2) is 9.84 Å². The van der Waals surface area contributed by atoms with Gasteiger partial charge in [-0.05, 0) is 29.8 Å². The lowest BCUT2D eigenvalue weighted by atomic mass is 10.2. The zero-order chi connectivity index (χ0) is 16.0. The summed E-state index contributed by atoms with van der Waals surface area (Å²) in [6.45, 7) is 2.02. The summed E-state index contributed by atoms with van der Waals surface area (Å²) < 4.78 is 23.4. The normalized spacial score (nSPS) is 11.0. The highest BCUT2D eigenvalue weighted by Crippen LogP contribution is 2.15. The molecule has 0 spiro atoms. The Labute approximate surface area is 130 Å². The van der Waals surface area contributed by atoms with E-state index in [-0.39, 0.29) is 16.7 Å². The first kappa shape index (κ1) is 16.0. The van der Waals surface area contributed by atoms with Gasteiger partial charge in [0.1, 0.15) is 0 Å². The Bertz CT molecular complexity index is 726. The lowest BCUT2D eigenvalue weighted by Gasteiger charge is -2.08. The van der Waals surface area contributed by atoms with Gasteiger partial charge in [0.25, 0.3) is 0 Å². The Hall–Kier alpha value is -2.34. The Morgan fingerprint density at radius 1 is 1.00 bits per heavy atom. The molecule has 0 radical (unpaired) electrons. The molecule has 2 amide bonds. The number of nitrogens with one attached hydrogen (secondary N) is 2. The largest absolute Gasteiger partial charge is 0.334 e. The molecule has 0 atom stereocenters. The van der Waals surface area contributed by atoms with Gasteiger partial charge in [0, 0.05) is 12.2 Å². The van der Waals surface area contributed by atoms with E-state index in [1.807, 2.05) is 30.3 Å². The van der Waals surface area contributed by atoms with Gasteiger partial charge in [-0.25, -0.2) is 13.2 Å². The zero-order valence-corrected chi connectivity index (χ0v) is 13.1. The van der Waals surface area contributed by atoms with E-state index in [2.05, 4.69) is 10.6 Å². The van der Waals surface area contributed by atoms with Crippen molar-refractivity contribution in [2.24, 2.45) is 0 Å². The quantitative estimate of drug-likeness (QED) is 0.890. The van der Waals surface area contributed by atoms with Crippen molar-refractivity contribution in [1.29, 1.82) is 0 Å². The maximum atomic E-state index is 11.8. The second kappa shape index (κ2) is 7.09. The van der Waals surface area contributed by atoms with Crippen molar-refractivity contribution in [2.45, 2.75) is 18.4 Å². The Balaban J connectivity index is 1.92. The van der Waals surface area contributed by atoms with Crippen LogP contribution >= 0.6 is 0 Å². The highest BCUT2D eigenvalue weighted by molar-refractivity contribution is 7.91. The number of anilines is 1. The average Bonchev–Trinajstić information content (AvgIpc) is 2.54. The summed E-state index contributed by atoms with van der Waals surface area (Å²) >= 11 is 0. The minimum absolute atomic E-state index is 0.0529. The molecule has 0 heterocycles. The van der Waals surface area contributed by atoms with E-state index in [0.717, 1.165) is 5.56 Å². The van der Waals surface area contributed by atoms with Crippen molar-refractivity contribution < 1.29 is 13.2 Å². The Kier molecular flexibility index (Phi) is 5.16. The van der Waals surface area contributed by atoms with Gasteiger partial charge in [-0.3, -0.25) is 0 Å². The molecule has 0 fully saturated rings. The minimum Gasteiger partial charge on any atom is -0.334 e. The fraction of sp³-hybridized carbons (Fsp3) is 0.188. The van der Waals surface area contributed by atoms with Crippen LogP contribution in [0.25, 0.3) is 0 Å². The van der Waals surface area contributed by atoms with Crippen LogP contribution in [0.4, 0.5) is 10.5 Å². The fourth-order valence-electron chi connectivity index (χ4n) is 1.87. The highest BCUT2D eigenvalue weighted by Gasteiger charge is 2.11. The molecule has 2 aromatic rings. The smallest absolute Gasteiger partial charge is 0.319 e. The molecule has 6 heteroatoms. The maximum absolute atomic E-state index is 11.8. The molecule has 0 aromatic heterocycles. The summed E-state index contributed by atoms with van der Waals surface area (Å²) in [4.78, 5) is 12.0. The van der Waals surface area contributed by atoms with Gasteiger partial charge in [0.05, 0.1) is 10.6 Å². The lowest BCUT2D eigenvalue weighted by Crippen LogP contribution is -2.28. The highest BCUT2D eigenvalue weighted by atomic mass is 32.2. The summed E-state index contributed by atoms with van der Waals surface area (Å²) in [6.07, 6.45) is 0. The number of rotatable bonds is 5. The molecule has 0 aliphatic rings. The first-order valence-electron chi connectivity index (χ1n) is 6.93. The van der Waals surface area contributed by atoms with Crippen LogP contribution in [0, 0.1) is 0 Å². The lowest BCUT2D eigenvalue weighted by molar-refractivity contribution is 0.251. The molecule has 2 N–H and O–H groups in total. The third-order valence-corrected chi connectivity index (χ3v) is 4.90. The third-order valence-electron chi connectivity index (χ3n) is 3.15. The number of benzene rings is 2. The average molecular weight is 318 g/mol. The second-order valence-corrected chi connectivity index (χ2v) is 7.00. The van der Waals surface area contributed by atoms with Crippen molar-refractivity contribution in [1.82, 2.24) is 5.32 Å². The predicted octanol–water partition coefficient (Wildman–Crippen LogP) is 2.80. The molecule has 22 heavy (non-hydrogen) atoms. The molecule has 0 saturated heterocycles. The van der Waals surface area contributed by atoms with E-state index in [4.69, 9.17) is 0 Å². The molecule has 0 bridgehead atoms. The van der Waals surface area contributed by atoms with Gasteiger partial charge < -0.3 is 10.6 Å². The van der Waals surface area contributed by atoms with E-state index < -0.39 is 9.84 Å². The number of hydrogen-bond acceptors (Lipinski definition) is 3. The molecule has 5 nitrogen and oxygen atoms in total. The number of amides is 2. The first-order chi connectivity index (χ1) is 10.5. The van der Waals surface area contributed by atoms with E-state index in [1.54, 1.807) is 19.1 Å². The molecule has 2 aromatic carbocycles. The van der Waals surface area contributed by atoms with Crippen LogP contribution in [0.2, 0.25) is 0 Å². The van der Waals surface area contributed by atoms with Gasteiger partial charge in [-0.15, -0.1) is 0 Å². The summed E-state index contributed by atoms with van der Waals surface area (Å²) in [5.74, 6) is 0.0529. The van der Waals surface area contributed by atoms with E-state index >= 15 is 0 Å². The molecule has 2 rings (SSSR count). The Morgan fingerprint density at radius 3 is 2.23 bits per heavy atom. The topological polar surface area (TPSA) is 75.3 Å². The predicted molar refractivity (Wildman–Crippen MR) is 86.5 cm³/mol. The number of carbonyl (C=O) groups excluding carboxylic acids is 1. The van der Waals surface area contributed by atoms with Crippen LogP contribution in [0.15, 0.2) is 59.5 Å².